The standard InChI is InChI=1S/C15H25N3O6/c1-17(22-4)7-6-11-12(24-9-8-18(2)23-5)10-16-13(15(19)20)14(11)21-3/h10H,6-9H2,1-5H3,(H,19,20). The van der Waals surface area contributed by atoms with Gasteiger partial charge in [0, 0.05) is 26.2 Å². The second kappa shape index (κ2) is 10.0. The molecule has 9 nitrogen and oxygen atoms in total. The Hall–Kier alpha value is -1.94. The van der Waals surface area contributed by atoms with E-state index in [2.05, 4.69) is 4.98 Å². The second-order valence-electron chi connectivity index (χ2n) is 4.95. The van der Waals surface area contributed by atoms with Crippen molar-refractivity contribution in [2.75, 3.05) is 55.1 Å². The molecule has 24 heavy (non-hydrogen) atoms. The Morgan fingerprint density at radius 1 is 1.17 bits per heavy atom. The van der Waals surface area contributed by atoms with Crippen LogP contribution in [0.25, 0.3) is 0 Å². The highest BCUT2D eigenvalue weighted by molar-refractivity contribution is 5.89. The van der Waals surface area contributed by atoms with Crippen LogP contribution in [0.5, 0.6) is 11.5 Å². The van der Waals surface area contributed by atoms with Crippen LogP contribution in [0.1, 0.15) is 16.1 Å². The maximum atomic E-state index is 11.3. The first-order valence-corrected chi connectivity index (χ1v) is 7.37. The number of hydrogen-bond acceptors (Lipinski definition) is 8. The maximum Gasteiger partial charge on any atom is 0.358 e. The lowest BCUT2D eigenvalue weighted by atomic mass is 10.1. The number of nitrogens with zero attached hydrogens (tertiary/aromatic N) is 3. The number of rotatable bonds is 11. The summed E-state index contributed by atoms with van der Waals surface area (Å²) in [6.07, 6.45) is 1.88. The van der Waals surface area contributed by atoms with E-state index in [0.29, 0.717) is 37.4 Å². The number of methoxy groups -OCH3 is 1. The Morgan fingerprint density at radius 3 is 2.33 bits per heavy atom. The summed E-state index contributed by atoms with van der Waals surface area (Å²) in [5.74, 6) is -0.477. The Labute approximate surface area is 141 Å². The van der Waals surface area contributed by atoms with Gasteiger partial charge >= 0.3 is 5.97 Å². The zero-order chi connectivity index (χ0) is 18.1. The number of aromatic carboxylic acids is 1. The van der Waals surface area contributed by atoms with Gasteiger partial charge in [0.1, 0.15) is 12.4 Å². The number of aromatic nitrogens is 1. The van der Waals surface area contributed by atoms with Crippen LogP contribution in [0.15, 0.2) is 6.20 Å². The number of carboxylic acids is 1. The summed E-state index contributed by atoms with van der Waals surface area (Å²) in [6, 6.07) is 0. The lowest BCUT2D eigenvalue weighted by Gasteiger charge is -2.19. The van der Waals surface area contributed by atoms with Gasteiger partial charge in [-0.2, -0.15) is 10.1 Å². The van der Waals surface area contributed by atoms with Crippen molar-refractivity contribution in [3.8, 4) is 11.5 Å². The van der Waals surface area contributed by atoms with Crippen LogP contribution in [-0.2, 0) is 16.1 Å². The topological polar surface area (TPSA) is 93.6 Å². The molecule has 0 bridgehead atoms. The van der Waals surface area contributed by atoms with Gasteiger partial charge in [-0.3, -0.25) is 0 Å². The molecule has 1 aromatic heterocycles. The molecule has 0 spiro atoms. The smallest absolute Gasteiger partial charge is 0.358 e. The predicted molar refractivity (Wildman–Crippen MR) is 86.2 cm³/mol. The van der Waals surface area contributed by atoms with Crippen LogP contribution in [0.2, 0.25) is 0 Å². The van der Waals surface area contributed by atoms with E-state index >= 15 is 0 Å². The first-order chi connectivity index (χ1) is 11.4. The molecule has 1 aromatic rings. The minimum absolute atomic E-state index is 0.145. The van der Waals surface area contributed by atoms with Gasteiger partial charge in [-0.15, -0.1) is 0 Å². The summed E-state index contributed by atoms with van der Waals surface area (Å²) in [7, 11) is 8.10. The SMILES string of the molecule is COc1c(C(=O)O)ncc(OCCN(C)OC)c1CCN(C)OC. The van der Waals surface area contributed by atoms with Crippen LogP contribution in [-0.4, -0.2) is 81.3 Å². The van der Waals surface area contributed by atoms with Gasteiger partial charge < -0.3 is 24.3 Å². The second-order valence-corrected chi connectivity index (χ2v) is 4.95. The van der Waals surface area contributed by atoms with Crippen LogP contribution in [0, 0.1) is 0 Å². The highest BCUT2D eigenvalue weighted by Gasteiger charge is 2.21. The van der Waals surface area contributed by atoms with Crippen molar-refractivity contribution in [1.82, 2.24) is 15.1 Å². The van der Waals surface area contributed by atoms with E-state index < -0.39 is 5.97 Å². The van der Waals surface area contributed by atoms with Crippen LogP contribution < -0.4 is 9.47 Å². The van der Waals surface area contributed by atoms with Crippen molar-refractivity contribution in [2.45, 2.75) is 6.42 Å². The first kappa shape index (κ1) is 20.1. The fourth-order valence-corrected chi connectivity index (χ4v) is 1.98. The quantitative estimate of drug-likeness (QED) is 0.583. The van der Waals surface area contributed by atoms with E-state index in [0.717, 1.165) is 0 Å². The van der Waals surface area contributed by atoms with Gasteiger partial charge in [0.2, 0.25) is 0 Å². The summed E-state index contributed by atoms with van der Waals surface area (Å²) >= 11 is 0. The highest BCUT2D eigenvalue weighted by Crippen LogP contribution is 2.31. The lowest BCUT2D eigenvalue weighted by Crippen LogP contribution is -2.24. The largest absolute Gasteiger partial charge is 0.494 e. The Morgan fingerprint density at radius 2 is 1.79 bits per heavy atom. The molecule has 9 heteroatoms. The Bertz CT molecular complexity index is 540. The van der Waals surface area contributed by atoms with E-state index in [4.69, 9.17) is 19.1 Å². The average molecular weight is 343 g/mol. The number of pyridine rings is 1. The minimum atomic E-state index is -1.15. The van der Waals surface area contributed by atoms with Crippen LogP contribution in [0.4, 0.5) is 0 Å². The Kier molecular flexibility index (Phi) is 8.41. The molecule has 0 aliphatic carbocycles. The molecule has 0 unspecified atom stereocenters. The zero-order valence-electron chi connectivity index (χ0n) is 14.7. The van der Waals surface area contributed by atoms with E-state index in [1.807, 2.05) is 0 Å². The number of likely N-dealkylation sites (N-methyl/N-ethyl adjacent to an activating group) is 2. The number of ether oxygens (including phenoxy) is 2. The van der Waals surface area contributed by atoms with E-state index in [1.54, 1.807) is 38.4 Å². The maximum absolute atomic E-state index is 11.3. The molecule has 0 atom stereocenters. The summed E-state index contributed by atoms with van der Waals surface area (Å²) in [4.78, 5) is 25.4. The molecule has 0 saturated carbocycles. The Balaban J connectivity index is 3.04. The predicted octanol–water partition coefficient (Wildman–Crippen LogP) is 0.696. The van der Waals surface area contributed by atoms with Gasteiger partial charge in [-0.25, -0.2) is 9.78 Å². The average Bonchev–Trinajstić information content (AvgIpc) is 2.58. The van der Waals surface area contributed by atoms with E-state index in [-0.39, 0.29) is 11.4 Å². The van der Waals surface area contributed by atoms with Gasteiger partial charge in [0.25, 0.3) is 0 Å². The molecule has 1 rings (SSSR count). The fourth-order valence-electron chi connectivity index (χ4n) is 1.98. The summed E-state index contributed by atoms with van der Waals surface area (Å²) in [6.45, 7) is 1.43. The van der Waals surface area contributed by atoms with E-state index in [1.165, 1.54) is 13.3 Å². The van der Waals surface area contributed by atoms with E-state index in [9.17, 15) is 9.90 Å². The van der Waals surface area contributed by atoms with Gasteiger partial charge in [-0.1, -0.05) is 0 Å². The summed E-state index contributed by atoms with van der Waals surface area (Å²) in [5.41, 5.74) is 0.489. The monoisotopic (exact) mass is 343 g/mol. The third kappa shape index (κ3) is 5.60. The normalized spacial score (nSPS) is 11.1. The molecule has 0 aromatic carbocycles. The molecule has 0 radical (unpaired) electrons. The molecule has 0 aliphatic rings. The molecular formula is C15H25N3O6. The third-order valence-electron chi connectivity index (χ3n) is 3.47. The van der Waals surface area contributed by atoms with Gasteiger partial charge in [0.15, 0.2) is 11.4 Å². The van der Waals surface area contributed by atoms with Gasteiger partial charge in [-0.05, 0) is 6.42 Å². The van der Waals surface area contributed by atoms with Crippen molar-refractivity contribution in [3.63, 3.8) is 0 Å². The molecule has 0 saturated heterocycles. The molecule has 1 heterocycles. The number of hydrogen-bond donors (Lipinski definition) is 1. The first-order valence-electron chi connectivity index (χ1n) is 7.37. The molecule has 0 amide bonds. The molecular weight excluding hydrogens is 318 g/mol. The van der Waals surface area contributed by atoms with Crippen molar-refractivity contribution in [2.24, 2.45) is 0 Å². The third-order valence-corrected chi connectivity index (χ3v) is 3.47. The number of carboxylic acid groups (broad SMARTS) is 1. The lowest BCUT2D eigenvalue weighted by molar-refractivity contribution is -0.113. The number of carbonyl (C=O) groups is 1. The summed E-state index contributed by atoms with van der Waals surface area (Å²) < 4.78 is 11.0. The van der Waals surface area contributed by atoms with Crippen LogP contribution in [0.3, 0.4) is 0 Å². The molecule has 0 aliphatic heterocycles. The highest BCUT2D eigenvalue weighted by atomic mass is 16.7. The molecule has 1 N–H and O–H groups in total. The van der Waals surface area contributed by atoms with Crippen molar-refractivity contribution in [3.05, 3.63) is 17.5 Å². The van der Waals surface area contributed by atoms with Gasteiger partial charge in [0.05, 0.1) is 34.1 Å². The number of hydroxylamine groups is 4. The van der Waals surface area contributed by atoms with Crippen molar-refractivity contribution in [1.29, 1.82) is 0 Å². The minimum Gasteiger partial charge on any atom is -0.494 e. The van der Waals surface area contributed by atoms with Crippen LogP contribution >= 0.6 is 0 Å². The van der Waals surface area contributed by atoms with Crippen molar-refractivity contribution < 1.29 is 29.0 Å². The van der Waals surface area contributed by atoms with Crippen molar-refractivity contribution >= 4 is 5.97 Å². The molecule has 0 fully saturated rings. The summed E-state index contributed by atoms with van der Waals surface area (Å²) in [5, 5.41) is 12.5. The zero-order valence-corrected chi connectivity index (χ0v) is 14.7. The molecule has 136 valence electrons. The fraction of sp³-hybridized carbons (Fsp3) is 0.600.